The second-order valence-corrected chi connectivity index (χ2v) is 14.8. The van der Waals surface area contributed by atoms with E-state index in [2.05, 4.69) is 103 Å². The van der Waals surface area contributed by atoms with E-state index in [1.54, 1.807) is 0 Å². The highest BCUT2D eigenvalue weighted by molar-refractivity contribution is 6.14. The molecule has 0 radical (unpaired) electrons. The maximum Gasteiger partial charge on any atom is 0.238 e. The second kappa shape index (κ2) is 10.5. The summed E-state index contributed by atoms with van der Waals surface area (Å²) in [6.07, 6.45) is 0. The number of rotatable bonds is 3. The fourth-order valence-electron chi connectivity index (χ4n) is 9.01. The predicted octanol–water partition coefficient (Wildman–Crippen LogP) is 12.4. The van der Waals surface area contributed by atoms with Crippen LogP contribution in [0.15, 0.2) is 154 Å². The summed E-state index contributed by atoms with van der Waals surface area (Å²) in [5.41, 5.74) is 12.1. The van der Waals surface area contributed by atoms with Gasteiger partial charge in [0.15, 0.2) is 11.6 Å². The van der Waals surface area contributed by atoms with E-state index in [9.17, 15) is 0 Å². The molecule has 0 saturated carbocycles. The Labute approximate surface area is 309 Å². The number of hydrogen-bond acceptors (Lipinski definition) is 5. The highest BCUT2D eigenvalue weighted by Gasteiger charge is 2.36. The van der Waals surface area contributed by atoms with Crippen molar-refractivity contribution in [3.8, 4) is 39.9 Å². The summed E-state index contributed by atoms with van der Waals surface area (Å²) in [7, 11) is 0. The molecule has 12 rings (SSSR count). The molecule has 0 amide bonds. The fourth-order valence-corrected chi connectivity index (χ4v) is 9.01. The van der Waals surface area contributed by atoms with Gasteiger partial charge in [-0.3, -0.25) is 4.57 Å². The molecule has 0 saturated heterocycles. The molecule has 6 nitrogen and oxygen atoms in total. The van der Waals surface area contributed by atoms with Crippen molar-refractivity contribution in [2.45, 2.75) is 19.3 Å². The molecule has 0 fully saturated rings. The van der Waals surface area contributed by atoms with Crippen molar-refractivity contribution in [1.29, 1.82) is 0 Å². The summed E-state index contributed by atoms with van der Waals surface area (Å²) in [5.74, 6) is 1.68. The molecular formula is C48H30N4O2. The molecule has 7 aromatic carbocycles. The number of benzene rings is 7. The smallest absolute Gasteiger partial charge is 0.238 e. The third kappa shape index (κ3) is 3.91. The highest BCUT2D eigenvalue weighted by atomic mass is 16.3. The Kier molecular flexibility index (Phi) is 5.75. The van der Waals surface area contributed by atoms with Crippen LogP contribution in [-0.4, -0.2) is 19.5 Å². The van der Waals surface area contributed by atoms with E-state index >= 15 is 0 Å². The topological polar surface area (TPSA) is 69.9 Å². The average molecular weight is 695 g/mol. The normalized spacial score (nSPS) is 13.5. The van der Waals surface area contributed by atoms with Gasteiger partial charge in [0.2, 0.25) is 5.95 Å². The van der Waals surface area contributed by atoms with Crippen LogP contribution >= 0.6 is 0 Å². The van der Waals surface area contributed by atoms with E-state index in [1.165, 1.54) is 22.3 Å². The quantitative estimate of drug-likeness (QED) is 0.184. The third-order valence-electron chi connectivity index (χ3n) is 11.5. The minimum absolute atomic E-state index is 0.174. The maximum atomic E-state index is 6.34. The average Bonchev–Trinajstić information content (AvgIpc) is 3.94. The largest absolute Gasteiger partial charge is 0.456 e. The monoisotopic (exact) mass is 694 g/mol. The maximum absolute atomic E-state index is 6.34. The van der Waals surface area contributed by atoms with Gasteiger partial charge < -0.3 is 8.83 Å². The molecule has 11 aromatic rings. The van der Waals surface area contributed by atoms with Gasteiger partial charge in [0.25, 0.3) is 0 Å². The van der Waals surface area contributed by atoms with Crippen LogP contribution in [0.25, 0.3) is 106 Å². The number of fused-ring (bicyclic) bond motifs is 12. The van der Waals surface area contributed by atoms with Crippen molar-refractivity contribution < 1.29 is 8.83 Å². The van der Waals surface area contributed by atoms with Crippen molar-refractivity contribution in [3.63, 3.8) is 0 Å². The first-order valence-electron chi connectivity index (χ1n) is 18.3. The van der Waals surface area contributed by atoms with E-state index in [0.29, 0.717) is 17.6 Å². The Hall–Kier alpha value is -7.05. The van der Waals surface area contributed by atoms with Gasteiger partial charge in [-0.15, -0.1) is 0 Å². The van der Waals surface area contributed by atoms with E-state index < -0.39 is 0 Å². The molecule has 0 N–H and O–H groups in total. The van der Waals surface area contributed by atoms with Gasteiger partial charge >= 0.3 is 0 Å². The lowest BCUT2D eigenvalue weighted by atomic mass is 9.82. The van der Waals surface area contributed by atoms with Gasteiger partial charge in [-0.05, 0) is 64.7 Å². The van der Waals surface area contributed by atoms with Crippen molar-refractivity contribution in [1.82, 2.24) is 19.5 Å². The highest BCUT2D eigenvalue weighted by Crippen LogP contribution is 2.51. The molecular weight excluding hydrogens is 665 g/mol. The van der Waals surface area contributed by atoms with Crippen LogP contribution in [0.3, 0.4) is 0 Å². The fraction of sp³-hybridized carbons (Fsp3) is 0.0625. The minimum Gasteiger partial charge on any atom is -0.456 e. The van der Waals surface area contributed by atoms with E-state index in [-0.39, 0.29) is 5.41 Å². The Balaban J connectivity index is 1.21. The van der Waals surface area contributed by atoms with Gasteiger partial charge in [0, 0.05) is 48.9 Å². The van der Waals surface area contributed by atoms with Crippen LogP contribution < -0.4 is 0 Å². The Bertz CT molecular complexity index is 3250. The van der Waals surface area contributed by atoms with E-state index in [1.807, 2.05) is 60.7 Å². The van der Waals surface area contributed by atoms with Gasteiger partial charge in [-0.1, -0.05) is 117 Å². The molecule has 0 bridgehead atoms. The van der Waals surface area contributed by atoms with Crippen molar-refractivity contribution >= 4 is 65.7 Å². The zero-order valence-corrected chi connectivity index (χ0v) is 29.5. The number of furan rings is 2. The van der Waals surface area contributed by atoms with Crippen molar-refractivity contribution in [2.24, 2.45) is 0 Å². The number of aromatic nitrogens is 4. The SMILES string of the molecule is CC1(C)c2ccccc2-c2cc3c4ccccc4n(-c4nc(-c5cccc6oc7ccccc7c56)nc(-c5cccc6oc7ccccc7c56)n4)c3cc21. The first-order valence-corrected chi connectivity index (χ1v) is 18.3. The number of nitrogens with zero attached hydrogens (tertiary/aromatic N) is 4. The summed E-state index contributed by atoms with van der Waals surface area (Å²) in [6, 6.07) is 50.6. The molecule has 0 aliphatic heterocycles. The molecule has 4 heterocycles. The van der Waals surface area contributed by atoms with Crippen LogP contribution in [0.4, 0.5) is 0 Å². The van der Waals surface area contributed by atoms with Gasteiger partial charge in [0.05, 0.1) is 11.0 Å². The molecule has 6 heteroatoms. The van der Waals surface area contributed by atoms with Crippen LogP contribution in [-0.2, 0) is 5.41 Å². The summed E-state index contributed by atoms with van der Waals surface area (Å²) in [6.45, 7) is 4.64. The van der Waals surface area contributed by atoms with Gasteiger partial charge in [0.1, 0.15) is 22.3 Å². The minimum atomic E-state index is -0.174. The Morgan fingerprint density at radius 2 is 0.963 bits per heavy atom. The van der Waals surface area contributed by atoms with Crippen LogP contribution in [0.1, 0.15) is 25.0 Å². The molecule has 1 aliphatic carbocycles. The van der Waals surface area contributed by atoms with E-state index in [0.717, 1.165) is 76.8 Å². The third-order valence-corrected chi connectivity index (χ3v) is 11.5. The molecule has 4 aromatic heterocycles. The van der Waals surface area contributed by atoms with Crippen molar-refractivity contribution in [2.75, 3.05) is 0 Å². The second-order valence-electron chi connectivity index (χ2n) is 14.8. The van der Waals surface area contributed by atoms with Gasteiger partial charge in [-0.2, -0.15) is 9.97 Å². The number of para-hydroxylation sites is 3. The summed E-state index contributed by atoms with van der Waals surface area (Å²) < 4.78 is 14.9. The van der Waals surface area contributed by atoms with Crippen molar-refractivity contribution in [3.05, 3.63) is 157 Å². The standard InChI is InChI=1S/C48H30N4O2/c1-48(2)35-19-7-3-13-27(35)33-25-34-28-14-4-8-20-37(28)52(38(34)26-36(33)48)47-50-45(31-17-11-23-41-43(31)29-15-5-9-21-39(29)53-41)49-46(51-47)32-18-12-24-42-44(32)30-16-6-10-22-40(30)54-42/h3-26H,1-2H3. The summed E-state index contributed by atoms with van der Waals surface area (Å²) >= 11 is 0. The zero-order chi connectivity index (χ0) is 35.7. The lowest BCUT2D eigenvalue weighted by molar-refractivity contribution is 0.661. The first kappa shape index (κ1) is 29.5. The molecule has 0 unspecified atom stereocenters. The lowest BCUT2D eigenvalue weighted by Crippen LogP contribution is -2.15. The molecule has 1 aliphatic rings. The molecule has 0 spiro atoms. The zero-order valence-electron chi connectivity index (χ0n) is 29.5. The van der Waals surface area contributed by atoms with Crippen LogP contribution in [0.5, 0.6) is 0 Å². The molecule has 254 valence electrons. The predicted molar refractivity (Wildman–Crippen MR) is 217 cm³/mol. The number of hydrogen-bond donors (Lipinski definition) is 0. The molecule has 54 heavy (non-hydrogen) atoms. The van der Waals surface area contributed by atoms with Crippen LogP contribution in [0.2, 0.25) is 0 Å². The summed E-state index contributed by atoms with van der Waals surface area (Å²) in [4.78, 5) is 16.1. The van der Waals surface area contributed by atoms with E-state index in [4.69, 9.17) is 23.8 Å². The Morgan fingerprint density at radius 3 is 1.63 bits per heavy atom. The van der Waals surface area contributed by atoms with Gasteiger partial charge in [-0.25, -0.2) is 4.98 Å². The lowest BCUT2D eigenvalue weighted by Gasteiger charge is -2.21. The Morgan fingerprint density at radius 1 is 0.426 bits per heavy atom. The molecule has 0 atom stereocenters. The van der Waals surface area contributed by atoms with Crippen LogP contribution in [0, 0.1) is 0 Å². The summed E-state index contributed by atoms with van der Waals surface area (Å²) in [5, 5.41) is 6.29. The first-order chi connectivity index (χ1) is 26.5.